The Kier molecular flexibility index (Phi) is 9.06. The zero-order chi connectivity index (χ0) is 14.0. The normalized spacial score (nSPS) is 13.7. The lowest BCUT2D eigenvalue weighted by Crippen LogP contribution is -2.49. The van der Waals surface area contributed by atoms with Crippen LogP contribution in [0.5, 0.6) is 0 Å². The first-order valence-electron chi connectivity index (χ1n) is 6.80. The smallest absolute Gasteiger partial charge is 0.326 e. The van der Waals surface area contributed by atoms with E-state index in [4.69, 9.17) is 5.11 Å². The van der Waals surface area contributed by atoms with Gasteiger partial charge in [-0.05, 0) is 12.3 Å². The third kappa shape index (κ3) is 7.14. The van der Waals surface area contributed by atoms with E-state index in [1.54, 1.807) is 0 Å². The average Bonchev–Trinajstić information content (AvgIpc) is 2.34. The molecule has 106 valence electrons. The molecule has 0 spiro atoms. The summed E-state index contributed by atoms with van der Waals surface area (Å²) in [5, 5.41) is 14.2. The lowest BCUT2D eigenvalue weighted by Gasteiger charge is -2.20. The Labute approximate surface area is 109 Å². The van der Waals surface area contributed by atoms with Gasteiger partial charge in [0.2, 0.25) is 0 Å². The molecule has 0 aromatic rings. The van der Waals surface area contributed by atoms with Gasteiger partial charge in [-0.1, -0.05) is 46.5 Å². The number of hydrogen-bond acceptors (Lipinski definition) is 2. The molecule has 2 amide bonds. The number of carboxylic acids is 1. The van der Waals surface area contributed by atoms with Crippen molar-refractivity contribution in [3.63, 3.8) is 0 Å². The summed E-state index contributed by atoms with van der Waals surface area (Å²) in [7, 11) is 0. The van der Waals surface area contributed by atoms with E-state index in [-0.39, 0.29) is 11.9 Å². The fourth-order valence-corrected chi connectivity index (χ4v) is 1.63. The van der Waals surface area contributed by atoms with Gasteiger partial charge in [0, 0.05) is 6.54 Å². The van der Waals surface area contributed by atoms with Crippen LogP contribution in [0.15, 0.2) is 0 Å². The van der Waals surface area contributed by atoms with Crippen molar-refractivity contribution >= 4 is 12.0 Å². The summed E-state index contributed by atoms with van der Waals surface area (Å²) in [4.78, 5) is 22.5. The van der Waals surface area contributed by atoms with Gasteiger partial charge in [0.25, 0.3) is 0 Å². The van der Waals surface area contributed by atoms with E-state index in [1.807, 2.05) is 13.8 Å². The van der Waals surface area contributed by atoms with Gasteiger partial charge >= 0.3 is 12.0 Å². The van der Waals surface area contributed by atoms with Crippen LogP contribution in [0.2, 0.25) is 0 Å². The van der Waals surface area contributed by atoms with Gasteiger partial charge in [-0.2, -0.15) is 0 Å². The topological polar surface area (TPSA) is 78.4 Å². The SMILES string of the molecule is CCCCCCNC(=O)N[C@H](C(=O)O)C(C)CC. The molecule has 0 fully saturated rings. The average molecular weight is 258 g/mol. The van der Waals surface area contributed by atoms with E-state index in [0.29, 0.717) is 13.0 Å². The molecule has 1 unspecified atom stereocenters. The minimum atomic E-state index is -0.981. The molecular formula is C13H26N2O3. The Morgan fingerprint density at radius 3 is 2.33 bits per heavy atom. The first-order chi connectivity index (χ1) is 8.52. The second kappa shape index (κ2) is 9.74. The van der Waals surface area contributed by atoms with Gasteiger partial charge in [0.15, 0.2) is 0 Å². The van der Waals surface area contributed by atoms with Crippen molar-refractivity contribution in [3.8, 4) is 0 Å². The monoisotopic (exact) mass is 258 g/mol. The second-order valence-corrected chi connectivity index (χ2v) is 4.66. The minimum absolute atomic E-state index is 0.0756. The van der Waals surface area contributed by atoms with Crippen LogP contribution in [0, 0.1) is 5.92 Å². The summed E-state index contributed by atoms with van der Waals surface area (Å²) in [6.07, 6.45) is 5.05. The number of hydrogen-bond donors (Lipinski definition) is 3. The summed E-state index contributed by atoms with van der Waals surface area (Å²) < 4.78 is 0. The molecule has 0 aromatic carbocycles. The van der Waals surface area contributed by atoms with Crippen LogP contribution in [-0.2, 0) is 4.79 Å². The zero-order valence-electron chi connectivity index (χ0n) is 11.7. The number of urea groups is 1. The third-order valence-electron chi connectivity index (χ3n) is 3.08. The largest absolute Gasteiger partial charge is 0.480 e. The van der Waals surface area contributed by atoms with Crippen LogP contribution < -0.4 is 10.6 Å². The molecule has 0 saturated carbocycles. The van der Waals surface area contributed by atoms with Crippen molar-refractivity contribution in [1.29, 1.82) is 0 Å². The van der Waals surface area contributed by atoms with Gasteiger partial charge < -0.3 is 15.7 Å². The maximum atomic E-state index is 11.5. The van der Waals surface area contributed by atoms with Crippen molar-refractivity contribution in [3.05, 3.63) is 0 Å². The van der Waals surface area contributed by atoms with E-state index in [2.05, 4.69) is 17.6 Å². The van der Waals surface area contributed by atoms with E-state index in [0.717, 1.165) is 25.7 Å². The summed E-state index contributed by atoms with van der Waals surface area (Å²) in [5.74, 6) is -1.06. The first kappa shape index (κ1) is 16.7. The van der Waals surface area contributed by atoms with Crippen LogP contribution in [0.1, 0.15) is 52.9 Å². The van der Waals surface area contributed by atoms with E-state index >= 15 is 0 Å². The molecule has 0 radical (unpaired) electrons. The highest BCUT2D eigenvalue weighted by Crippen LogP contribution is 2.07. The first-order valence-corrected chi connectivity index (χ1v) is 6.80. The predicted molar refractivity (Wildman–Crippen MR) is 71.6 cm³/mol. The molecule has 0 aliphatic rings. The molecule has 0 bridgehead atoms. The number of carboxylic acid groups (broad SMARTS) is 1. The summed E-state index contributed by atoms with van der Waals surface area (Å²) in [6, 6.07) is -1.20. The van der Waals surface area contributed by atoms with Crippen molar-refractivity contribution in [2.45, 2.75) is 58.9 Å². The second-order valence-electron chi connectivity index (χ2n) is 4.66. The Morgan fingerprint density at radius 1 is 1.17 bits per heavy atom. The Bertz CT molecular complexity index is 257. The summed E-state index contributed by atoms with van der Waals surface area (Å²) in [5.41, 5.74) is 0. The van der Waals surface area contributed by atoms with Crippen LogP contribution in [-0.4, -0.2) is 29.7 Å². The molecule has 0 aromatic heterocycles. The van der Waals surface area contributed by atoms with Gasteiger partial charge in [-0.15, -0.1) is 0 Å². The number of unbranched alkanes of at least 4 members (excludes halogenated alkanes) is 3. The number of rotatable bonds is 9. The van der Waals surface area contributed by atoms with Crippen molar-refractivity contribution in [2.24, 2.45) is 5.92 Å². The van der Waals surface area contributed by atoms with Gasteiger partial charge in [-0.25, -0.2) is 9.59 Å². The maximum Gasteiger partial charge on any atom is 0.326 e. The molecule has 3 N–H and O–H groups in total. The summed E-state index contributed by atoms with van der Waals surface area (Å²) in [6.45, 7) is 6.45. The molecule has 0 saturated heterocycles. The number of carbonyl (C=O) groups is 2. The molecule has 0 rings (SSSR count). The lowest BCUT2D eigenvalue weighted by molar-refractivity contribution is -0.140. The molecule has 0 aliphatic heterocycles. The minimum Gasteiger partial charge on any atom is -0.480 e. The maximum absolute atomic E-state index is 11.5. The molecule has 5 heteroatoms. The van der Waals surface area contributed by atoms with E-state index in [1.165, 1.54) is 0 Å². The third-order valence-corrected chi connectivity index (χ3v) is 3.08. The van der Waals surface area contributed by atoms with Crippen LogP contribution in [0.25, 0.3) is 0 Å². The predicted octanol–water partition coefficient (Wildman–Crippen LogP) is 2.37. The molecule has 0 aliphatic carbocycles. The van der Waals surface area contributed by atoms with Crippen LogP contribution in [0.4, 0.5) is 4.79 Å². The fraction of sp³-hybridized carbons (Fsp3) is 0.846. The standard InChI is InChI=1S/C13H26N2O3/c1-4-6-7-8-9-14-13(18)15-11(12(16)17)10(3)5-2/h10-11H,4-9H2,1-3H3,(H,16,17)(H2,14,15,18)/t10?,11-/m0/s1. The fourth-order valence-electron chi connectivity index (χ4n) is 1.63. The zero-order valence-corrected chi connectivity index (χ0v) is 11.7. The number of nitrogens with one attached hydrogen (secondary N) is 2. The van der Waals surface area contributed by atoms with Gasteiger partial charge in [0.1, 0.15) is 6.04 Å². The lowest BCUT2D eigenvalue weighted by atomic mass is 9.99. The van der Waals surface area contributed by atoms with Crippen molar-refractivity contribution < 1.29 is 14.7 Å². The summed E-state index contributed by atoms with van der Waals surface area (Å²) >= 11 is 0. The number of amides is 2. The van der Waals surface area contributed by atoms with E-state index in [9.17, 15) is 9.59 Å². The van der Waals surface area contributed by atoms with Crippen LogP contribution in [0.3, 0.4) is 0 Å². The highest BCUT2D eigenvalue weighted by atomic mass is 16.4. The molecule has 18 heavy (non-hydrogen) atoms. The van der Waals surface area contributed by atoms with Crippen LogP contribution >= 0.6 is 0 Å². The van der Waals surface area contributed by atoms with Gasteiger partial charge in [0.05, 0.1) is 0 Å². The Hall–Kier alpha value is -1.26. The highest BCUT2D eigenvalue weighted by molar-refractivity contribution is 5.82. The number of aliphatic carboxylic acids is 1. The molecule has 0 heterocycles. The van der Waals surface area contributed by atoms with Crippen molar-refractivity contribution in [1.82, 2.24) is 10.6 Å². The molecule has 2 atom stereocenters. The molecular weight excluding hydrogens is 232 g/mol. The molecule has 5 nitrogen and oxygen atoms in total. The number of carbonyl (C=O) groups excluding carboxylic acids is 1. The van der Waals surface area contributed by atoms with E-state index < -0.39 is 12.0 Å². The van der Waals surface area contributed by atoms with Gasteiger partial charge in [-0.3, -0.25) is 0 Å². The Balaban J connectivity index is 3.92. The Morgan fingerprint density at radius 2 is 1.83 bits per heavy atom. The highest BCUT2D eigenvalue weighted by Gasteiger charge is 2.24. The quantitative estimate of drug-likeness (QED) is 0.555. The van der Waals surface area contributed by atoms with Crippen molar-refractivity contribution in [2.75, 3.05) is 6.54 Å².